The summed E-state index contributed by atoms with van der Waals surface area (Å²) >= 11 is 0. The van der Waals surface area contributed by atoms with Gasteiger partial charge in [-0.3, -0.25) is 14.4 Å². The molecule has 200 valence electrons. The number of fused-ring (bicyclic) bond motifs is 1. The van der Waals surface area contributed by atoms with Crippen LogP contribution in [0.25, 0.3) is 22.2 Å². The minimum Gasteiger partial charge on any atom is -0.478 e. The first kappa shape index (κ1) is 25.6. The van der Waals surface area contributed by atoms with Gasteiger partial charge < -0.3 is 25.3 Å². The Kier molecular flexibility index (Phi) is 7.00. The third-order valence-electron chi connectivity index (χ3n) is 7.13. The molecule has 4 aromatic rings. The quantitative estimate of drug-likeness (QED) is 0.340. The number of ether oxygens (including phenoxy) is 1. The Morgan fingerprint density at radius 1 is 1.26 bits per heavy atom. The van der Waals surface area contributed by atoms with Crippen molar-refractivity contribution >= 4 is 34.1 Å². The molecule has 1 unspecified atom stereocenters. The van der Waals surface area contributed by atoms with Gasteiger partial charge in [-0.15, -0.1) is 5.10 Å². The average molecular weight is 522 g/mol. The number of carbonyl (C=O) groups excluding carboxylic acids is 1. The van der Waals surface area contributed by atoms with Crippen LogP contribution in [-0.4, -0.2) is 86.3 Å². The number of anilines is 3. The Labute approximate surface area is 220 Å². The van der Waals surface area contributed by atoms with Crippen LogP contribution >= 0.6 is 0 Å². The standard InChI is InChI=1S/C26H32FN9O2/c1-15-13-36(10-9-34(15)3)16(2)24(37)30-20-8-6-7-17-18(11-28-23(17)20)22-19(27)12-29-26(32-22)31-21-14-35(4)33-25(21)38-5/h6-8,11-12,14-16,28H,9-10,13H2,1-5H3,(H,30,37)(H,29,31,32)/t15?,16-/m1/s1. The Hall–Kier alpha value is -4.03. The molecule has 1 aliphatic heterocycles. The fourth-order valence-corrected chi connectivity index (χ4v) is 4.73. The largest absolute Gasteiger partial charge is 0.478 e. The number of nitrogens with one attached hydrogen (secondary N) is 3. The molecule has 0 spiro atoms. The summed E-state index contributed by atoms with van der Waals surface area (Å²) in [6.07, 6.45) is 4.53. The summed E-state index contributed by atoms with van der Waals surface area (Å²) in [6.45, 7) is 6.67. The number of H-pyrrole nitrogens is 1. The number of halogens is 1. The maximum Gasteiger partial charge on any atom is 0.256 e. The lowest BCUT2D eigenvalue weighted by atomic mass is 10.1. The summed E-state index contributed by atoms with van der Waals surface area (Å²) in [7, 11) is 5.38. The first-order chi connectivity index (χ1) is 18.2. The van der Waals surface area contributed by atoms with Crippen LogP contribution in [0.15, 0.2) is 36.8 Å². The van der Waals surface area contributed by atoms with E-state index in [1.54, 1.807) is 24.1 Å². The van der Waals surface area contributed by atoms with Crippen molar-refractivity contribution in [1.29, 1.82) is 0 Å². The summed E-state index contributed by atoms with van der Waals surface area (Å²) < 4.78 is 21.8. The van der Waals surface area contributed by atoms with Crippen LogP contribution in [0.4, 0.5) is 21.7 Å². The lowest BCUT2D eigenvalue weighted by Gasteiger charge is -2.40. The number of likely N-dealkylation sites (N-methyl/N-ethyl adjacent to an activating group) is 1. The maximum atomic E-state index is 14.9. The molecule has 1 aromatic carbocycles. The highest BCUT2D eigenvalue weighted by Crippen LogP contribution is 2.34. The molecule has 3 N–H and O–H groups in total. The molecule has 1 aliphatic rings. The van der Waals surface area contributed by atoms with Gasteiger partial charge in [-0.05, 0) is 27.0 Å². The second-order valence-corrected chi connectivity index (χ2v) is 9.66. The highest BCUT2D eigenvalue weighted by Gasteiger charge is 2.28. The van der Waals surface area contributed by atoms with Crippen molar-refractivity contribution in [3.05, 3.63) is 42.6 Å². The van der Waals surface area contributed by atoms with E-state index < -0.39 is 5.82 Å². The Morgan fingerprint density at radius 3 is 2.84 bits per heavy atom. The molecule has 0 aliphatic carbocycles. The van der Waals surface area contributed by atoms with Gasteiger partial charge in [-0.1, -0.05) is 12.1 Å². The number of aromatic amines is 1. The van der Waals surface area contributed by atoms with E-state index >= 15 is 0 Å². The second kappa shape index (κ2) is 10.4. The molecule has 3 aromatic heterocycles. The van der Waals surface area contributed by atoms with Crippen molar-refractivity contribution in [1.82, 2.24) is 34.5 Å². The molecule has 1 fully saturated rings. The molecule has 5 rings (SSSR count). The number of nitrogens with zero attached hydrogens (tertiary/aromatic N) is 6. The number of aryl methyl sites for hydroxylation is 1. The first-order valence-corrected chi connectivity index (χ1v) is 12.5. The van der Waals surface area contributed by atoms with Crippen LogP contribution in [0, 0.1) is 5.82 Å². The summed E-state index contributed by atoms with van der Waals surface area (Å²) in [4.78, 5) is 29.4. The molecule has 0 radical (unpaired) electrons. The van der Waals surface area contributed by atoms with E-state index in [4.69, 9.17) is 4.74 Å². The van der Waals surface area contributed by atoms with Crippen LogP contribution < -0.4 is 15.4 Å². The van der Waals surface area contributed by atoms with Crippen LogP contribution in [0.5, 0.6) is 5.88 Å². The van der Waals surface area contributed by atoms with Crippen molar-refractivity contribution in [2.45, 2.75) is 25.9 Å². The van der Waals surface area contributed by atoms with E-state index in [1.807, 2.05) is 25.1 Å². The Bertz CT molecular complexity index is 1470. The van der Waals surface area contributed by atoms with E-state index in [0.717, 1.165) is 31.2 Å². The van der Waals surface area contributed by atoms with Gasteiger partial charge in [0, 0.05) is 49.9 Å². The maximum absolute atomic E-state index is 14.9. The van der Waals surface area contributed by atoms with Gasteiger partial charge in [-0.2, -0.15) is 0 Å². The van der Waals surface area contributed by atoms with Crippen LogP contribution in [0.3, 0.4) is 0 Å². The summed E-state index contributed by atoms with van der Waals surface area (Å²) in [5.74, 6) is -0.0891. The van der Waals surface area contributed by atoms with Crippen LogP contribution in [-0.2, 0) is 11.8 Å². The molecule has 12 heteroatoms. The fraction of sp³-hybridized carbons (Fsp3) is 0.385. The zero-order valence-corrected chi connectivity index (χ0v) is 22.1. The number of methoxy groups -OCH3 is 1. The number of benzene rings is 1. The van der Waals surface area contributed by atoms with Crippen molar-refractivity contribution in [2.75, 3.05) is 44.4 Å². The van der Waals surface area contributed by atoms with E-state index in [1.165, 1.54) is 7.11 Å². The minimum absolute atomic E-state index is 0.0875. The van der Waals surface area contributed by atoms with Gasteiger partial charge in [0.15, 0.2) is 5.82 Å². The Balaban J connectivity index is 1.40. The predicted octanol–water partition coefficient (Wildman–Crippen LogP) is 3.21. The predicted molar refractivity (Wildman–Crippen MR) is 144 cm³/mol. The number of hydrogen-bond donors (Lipinski definition) is 3. The molecular weight excluding hydrogens is 489 g/mol. The van der Waals surface area contributed by atoms with Gasteiger partial charge >= 0.3 is 0 Å². The Morgan fingerprint density at radius 2 is 2.08 bits per heavy atom. The van der Waals surface area contributed by atoms with E-state index in [2.05, 4.69) is 54.5 Å². The molecule has 1 amide bonds. The topological polar surface area (TPSA) is 116 Å². The number of amides is 1. The zero-order valence-electron chi connectivity index (χ0n) is 22.1. The van der Waals surface area contributed by atoms with Crippen LogP contribution in [0.2, 0.25) is 0 Å². The smallest absolute Gasteiger partial charge is 0.256 e. The third kappa shape index (κ3) is 4.92. The van der Waals surface area contributed by atoms with Crippen molar-refractivity contribution in [3.8, 4) is 17.1 Å². The lowest BCUT2D eigenvalue weighted by molar-refractivity contribution is -0.121. The second-order valence-electron chi connectivity index (χ2n) is 9.66. The van der Waals surface area contributed by atoms with Crippen molar-refractivity contribution < 1.29 is 13.9 Å². The molecular formula is C26H32FN9O2. The normalized spacial score (nSPS) is 17.5. The van der Waals surface area contributed by atoms with E-state index in [-0.39, 0.29) is 23.6 Å². The van der Waals surface area contributed by atoms with Gasteiger partial charge in [0.2, 0.25) is 11.9 Å². The summed E-state index contributed by atoms with van der Waals surface area (Å²) in [5, 5.41) is 11.0. The van der Waals surface area contributed by atoms with Gasteiger partial charge in [0.1, 0.15) is 11.4 Å². The van der Waals surface area contributed by atoms with E-state index in [9.17, 15) is 9.18 Å². The number of hydrogen-bond acceptors (Lipinski definition) is 8. The number of carbonyl (C=O) groups is 1. The first-order valence-electron chi connectivity index (χ1n) is 12.5. The summed E-state index contributed by atoms with van der Waals surface area (Å²) in [6, 6.07) is 5.62. The summed E-state index contributed by atoms with van der Waals surface area (Å²) in [5.41, 5.74) is 2.55. The van der Waals surface area contributed by atoms with Crippen molar-refractivity contribution in [2.24, 2.45) is 7.05 Å². The van der Waals surface area contributed by atoms with Gasteiger partial charge in [-0.25, -0.2) is 14.4 Å². The van der Waals surface area contributed by atoms with Gasteiger partial charge in [0.25, 0.3) is 5.88 Å². The van der Waals surface area contributed by atoms with E-state index in [0.29, 0.717) is 34.4 Å². The average Bonchev–Trinajstić information content (AvgIpc) is 3.49. The molecule has 4 heterocycles. The SMILES string of the molecule is COc1nn(C)cc1Nc1ncc(F)c(-c2c[nH]c3c(NC(=O)[C@@H](C)N4CCN(C)C(C)C4)cccc23)n1. The number of piperazine rings is 1. The number of rotatable bonds is 7. The molecule has 0 bridgehead atoms. The van der Waals surface area contributed by atoms with Gasteiger partial charge in [0.05, 0.1) is 36.7 Å². The van der Waals surface area contributed by atoms with Crippen molar-refractivity contribution in [3.63, 3.8) is 0 Å². The molecule has 11 nitrogen and oxygen atoms in total. The zero-order chi connectivity index (χ0) is 27.0. The monoisotopic (exact) mass is 521 g/mol. The molecule has 1 saturated heterocycles. The molecule has 38 heavy (non-hydrogen) atoms. The third-order valence-corrected chi connectivity index (χ3v) is 7.13. The molecule has 0 saturated carbocycles. The lowest BCUT2D eigenvalue weighted by Crippen LogP contribution is -2.55. The highest BCUT2D eigenvalue weighted by molar-refractivity contribution is 6.06. The number of aromatic nitrogens is 5. The molecule has 2 atom stereocenters. The highest BCUT2D eigenvalue weighted by atomic mass is 19.1. The number of para-hydroxylation sites is 1. The van der Waals surface area contributed by atoms with Crippen LogP contribution in [0.1, 0.15) is 13.8 Å². The minimum atomic E-state index is -0.568. The fourth-order valence-electron chi connectivity index (χ4n) is 4.73.